The predicted molar refractivity (Wildman–Crippen MR) is 69.8 cm³/mol. The number of hydrogen-bond acceptors (Lipinski definition) is 0. The fourth-order valence-electron chi connectivity index (χ4n) is 2.41. The van der Waals surface area contributed by atoms with Crippen LogP contribution in [0.2, 0.25) is 5.02 Å². The first-order valence-corrected chi connectivity index (χ1v) is 7.02. The predicted octanol–water partition coefficient (Wildman–Crippen LogP) is 4.98. The minimum atomic E-state index is -0.326. The normalized spacial score (nSPS) is 25.7. The van der Waals surface area contributed by atoms with Crippen LogP contribution in [0.3, 0.4) is 0 Å². The van der Waals surface area contributed by atoms with E-state index in [1.165, 1.54) is 31.7 Å². The zero-order valence-electron chi connectivity index (χ0n) is 9.06. The van der Waals surface area contributed by atoms with Crippen molar-refractivity contribution in [3.63, 3.8) is 0 Å². The topological polar surface area (TPSA) is 0 Å². The third-order valence-corrected chi connectivity index (χ3v) is 4.35. The molecular weight excluding hydrogens is 290 g/mol. The Bertz CT molecular complexity index is 367. The third-order valence-electron chi connectivity index (χ3n) is 3.23. The van der Waals surface area contributed by atoms with Crippen molar-refractivity contribution in [2.24, 2.45) is 5.92 Å². The Morgan fingerprint density at radius 2 is 2.19 bits per heavy atom. The van der Waals surface area contributed by atoms with Gasteiger partial charge in [0.2, 0.25) is 0 Å². The molecule has 1 aliphatic rings. The molecule has 88 valence electrons. The van der Waals surface area contributed by atoms with Gasteiger partial charge in [0.15, 0.2) is 0 Å². The molecule has 0 saturated heterocycles. The van der Waals surface area contributed by atoms with Crippen molar-refractivity contribution < 1.29 is 4.39 Å². The minimum Gasteiger partial charge on any atom is -0.205 e. The summed E-state index contributed by atoms with van der Waals surface area (Å²) in [6.07, 6.45) is 6.07. The molecule has 16 heavy (non-hydrogen) atoms. The summed E-state index contributed by atoms with van der Waals surface area (Å²) in [6.45, 7) is 0. The van der Waals surface area contributed by atoms with Gasteiger partial charge in [0.05, 0.1) is 5.02 Å². The van der Waals surface area contributed by atoms with Gasteiger partial charge in [-0.15, -0.1) is 0 Å². The summed E-state index contributed by atoms with van der Waals surface area (Å²) in [6, 6.07) is 5.07. The number of halogens is 3. The highest BCUT2D eigenvalue weighted by Crippen LogP contribution is 2.31. The number of benzene rings is 1. The van der Waals surface area contributed by atoms with Crippen molar-refractivity contribution in [1.82, 2.24) is 0 Å². The lowest BCUT2D eigenvalue weighted by Gasteiger charge is -2.25. The Kier molecular flexibility index (Phi) is 4.26. The summed E-state index contributed by atoms with van der Waals surface area (Å²) < 4.78 is 13.0. The smallest absolute Gasteiger partial charge is 0.141 e. The maximum absolute atomic E-state index is 13.0. The Morgan fingerprint density at radius 1 is 1.38 bits per heavy atom. The number of hydrogen-bond donors (Lipinski definition) is 0. The molecule has 2 unspecified atom stereocenters. The van der Waals surface area contributed by atoms with Crippen LogP contribution in [0.15, 0.2) is 18.2 Å². The summed E-state index contributed by atoms with van der Waals surface area (Å²) in [5, 5.41) is 0.240. The van der Waals surface area contributed by atoms with Gasteiger partial charge >= 0.3 is 0 Å². The summed E-state index contributed by atoms with van der Waals surface area (Å²) in [4.78, 5) is 0.655. The highest BCUT2D eigenvalue weighted by atomic mass is 79.9. The van der Waals surface area contributed by atoms with Gasteiger partial charge in [0.25, 0.3) is 0 Å². The second kappa shape index (κ2) is 5.50. The van der Waals surface area contributed by atoms with Gasteiger partial charge in [-0.25, -0.2) is 4.39 Å². The van der Waals surface area contributed by atoms with Crippen LogP contribution >= 0.6 is 27.5 Å². The lowest BCUT2D eigenvalue weighted by atomic mass is 9.85. The van der Waals surface area contributed by atoms with E-state index >= 15 is 0 Å². The van der Waals surface area contributed by atoms with E-state index in [1.54, 1.807) is 6.07 Å². The Morgan fingerprint density at radius 3 is 2.88 bits per heavy atom. The van der Waals surface area contributed by atoms with E-state index in [1.807, 2.05) is 6.07 Å². The number of rotatable bonds is 2. The van der Waals surface area contributed by atoms with Crippen LogP contribution < -0.4 is 0 Å². The van der Waals surface area contributed by atoms with Crippen LogP contribution in [0.1, 0.15) is 31.2 Å². The van der Waals surface area contributed by atoms with Crippen LogP contribution in [-0.2, 0) is 6.42 Å². The molecule has 0 bridgehead atoms. The van der Waals surface area contributed by atoms with E-state index in [-0.39, 0.29) is 10.8 Å². The molecule has 3 heteroatoms. The highest BCUT2D eigenvalue weighted by molar-refractivity contribution is 9.09. The second-order valence-corrected chi connectivity index (χ2v) is 6.28. The molecule has 0 amide bonds. The van der Waals surface area contributed by atoms with Crippen molar-refractivity contribution in [3.05, 3.63) is 34.6 Å². The first kappa shape index (κ1) is 12.4. The minimum absolute atomic E-state index is 0.240. The van der Waals surface area contributed by atoms with E-state index in [2.05, 4.69) is 15.9 Å². The fraction of sp³-hybridized carbons (Fsp3) is 0.538. The first-order chi connectivity index (χ1) is 7.65. The Hall–Kier alpha value is -0.0800. The molecule has 0 aliphatic heterocycles. The van der Waals surface area contributed by atoms with E-state index in [4.69, 9.17) is 11.6 Å². The second-order valence-electron chi connectivity index (χ2n) is 4.58. The van der Waals surface area contributed by atoms with Crippen LogP contribution in [0.25, 0.3) is 0 Å². The molecule has 0 spiro atoms. The molecule has 2 rings (SSSR count). The van der Waals surface area contributed by atoms with E-state index in [0.29, 0.717) is 10.7 Å². The van der Waals surface area contributed by atoms with Crippen LogP contribution in [0.4, 0.5) is 4.39 Å². The molecule has 1 saturated carbocycles. The average Bonchev–Trinajstić information content (AvgIpc) is 2.24. The van der Waals surface area contributed by atoms with Crippen LogP contribution in [0.5, 0.6) is 0 Å². The average molecular weight is 306 g/mol. The molecule has 0 nitrogen and oxygen atoms in total. The monoisotopic (exact) mass is 304 g/mol. The molecule has 1 fully saturated rings. The zero-order valence-corrected chi connectivity index (χ0v) is 11.4. The van der Waals surface area contributed by atoms with Crippen LogP contribution in [-0.4, -0.2) is 4.83 Å². The Balaban J connectivity index is 2.00. The maximum Gasteiger partial charge on any atom is 0.141 e. The molecule has 1 aliphatic carbocycles. The molecule has 0 radical (unpaired) electrons. The number of alkyl halides is 1. The molecule has 0 aromatic heterocycles. The van der Waals surface area contributed by atoms with E-state index in [0.717, 1.165) is 12.0 Å². The van der Waals surface area contributed by atoms with E-state index in [9.17, 15) is 4.39 Å². The zero-order chi connectivity index (χ0) is 11.5. The van der Waals surface area contributed by atoms with Crippen molar-refractivity contribution in [2.75, 3.05) is 0 Å². The standard InChI is InChI=1S/C13H15BrClF/c14-11-3-1-2-9(7-11)6-10-4-5-13(16)12(15)8-10/h4-5,8-9,11H,1-3,6-7H2. The molecular formula is C13H15BrClF. The largest absolute Gasteiger partial charge is 0.205 e. The van der Waals surface area contributed by atoms with Crippen LogP contribution in [0, 0.1) is 11.7 Å². The van der Waals surface area contributed by atoms with Gasteiger partial charge in [0.1, 0.15) is 5.82 Å². The SMILES string of the molecule is Fc1ccc(CC2CCCC(Br)C2)cc1Cl. The van der Waals surface area contributed by atoms with Gasteiger partial charge in [-0.05, 0) is 42.9 Å². The molecule has 1 aromatic rings. The lowest BCUT2D eigenvalue weighted by molar-refractivity contribution is 0.368. The molecule has 0 heterocycles. The van der Waals surface area contributed by atoms with E-state index < -0.39 is 0 Å². The summed E-state index contributed by atoms with van der Waals surface area (Å²) >= 11 is 9.46. The molecule has 2 atom stereocenters. The molecule has 0 N–H and O–H groups in total. The van der Waals surface area contributed by atoms with Gasteiger partial charge in [-0.1, -0.05) is 46.4 Å². The van der Waals surface area contributed by atoms with Gasteiger partial charge in [-0.3, -0.25) is 0 Å². The Labute approximate surface area is 109 Å². The first-order valence-electron chi connectivity index (χ1n) is 5.73. The van der Waals surface area contributed by atoms with Crippen molar-refractivity contribution >= 4 is 27.5 Å². The van der Waals surface area contributed by atoms with Crippen molar-refractivity contribution in [1.29, 1.82) is 0 Å². The van der Waals surface area contributed by atoms with Crippen molar-refractivity contribution in [2.45, 2.75) is 36.9 Å². The quantitative estimate of drug-likeness (QED) is 0.676. The van der Waals surface area contributed by atoms with Crippen molar-refractivity contribution in [3.8, 4) is 0 Å². The summed E-state index contributed by atoms with van der Waals surface area (Å²) in [5.74, 6) is 0.382. The molecule has 1 aromatic carbocycles. The summed E-state index contributed by atoms with van der Waals surface area (Å²) in [5.41, 5.74) is 1.15. The highest BCUT2D eigenvalue weighted by Gasteiger charge is 2.20. The maximum atomic E-state index is 13.0. The van der Waals surface area contributed by atoms with Gasteiger partial charge < -0.3 is 0 Å². The lowest BCUT2D eigenvalue weighted by Crippen LogP contribution is -2.17. The fourth-order valence-corrected chi connectivity index (χ4v) is 3.47. The third kappa shape index (κ3) is 3.21. The van der Waals surface area contributed by atoms with Gasteiger partial charge in [0, 0.05) is 4.83 Å². The summed E-state index contributed by atoms with van der Waals surface area (Å²) in [7, 11) is 0. The van der Waals surface area contributed by atoms with Gasteiger partial charge in [-0.2, -0.15) is 0 Å².